The van der Waals surface area contributed by atoms with Crippen LogP contribution in [-0.2, 0) is 19.7 Å². The third-order valence-corrected chi connectivity index (χ3v) is 11.2. The molecule has 276 valence electrons. The lowest BCUT2D eigenvalue weighted by Gasteiger charge is -2.57. The maximum Gasteiger partial charge on any atom is 0.331 e. The molecule has 0 unspecified atom stereocenters. The van der Waals surface area contributed by atoms with Crippen molar-refractivity contribution in [3.63, 3.8) is 0 Å². The lowest BCUT2D eigenvalue weighted by Crippen LogP contribution is -2.48. The van der Waals surface area contributed by atoms with Gasteiger partial charge in [0.05, 0.1) is 0 Å². The Morgan fingerprint density at radius 3 is 1.96 bits per heavy atom. The number of rotatable bonds is 19. The highest BCUT2D eigenvalue weighted by atomic mass is 16.6. The number of carbonyl (C=O) groups excluding carboxylic acids is 2. The molecule has 2 aromatic rings. The second-order valence-corrected chi connectivity index (χ2v) is 16.9. The van der Waals surface area contributed by atoms with Crippen LogP contribution >= 0.6 is 0 Å². The number of esters is 2. The van der Waals surface area contributed by atoms with Gasteiger partial charge in [0.1, 0.15) is 11.4 Å². The molecule has 4 fully saturated rings. The van der Waals surface area contributed by atoms with Gasteiger partial charge in [-0.15, -0.1) is 0 Å². The van der Waals surface area contributed by atoms with E-state index in [0.29, 0.717) is 6.42 Å². The number of benzene rings is 2. The van der Waals surface area contributed by atoms with Crippen molar-refractivity contribution >= 4 is 18.0 Å². The monoisotopic (exact) mass is 692 g/mol. The summed E-state index contributed by atoms with van der Waals surface area (Å²) < 4.78 is 11.7. The predicted octanol–water partition coefficient (Wildman–Crippen LogP) is 12.9. The first-order chi connectivity index (χ1) is 24.6. The average Bonchev–Trinajstić information content (AvgIpc) is 3.08. The number of unbranched alkanes of at least 4 members (excludes halogenated alkanes) is 8. The van der Waals surface area contributed by atoms with Gasteiger partial charge in [0.25, 0.3) is 0 Å². The molecule has 51 heavy (non-hydrogen) atoms. The fraction of sp³-hybridized carbons (Fsp3) is 0.574. The van der Waals surface area contributed by atoms with Crippen LogP contribution in [-0.4, -0.2) is 17.5 Å². The van der Waals surface area contributed by atoms with Crippen molar-refractivity contribution in [3.05, 3.63) is 84.0 Å². The van der Waals surface area contributed by atoms with E-state index in [1.807, 2.05) is 32.9 Å². The fourth-order valence-corrected chi connectivity index (χ4v) is 9.19. The molecule has 4 saturated carbocycles. The van der Waals surface area contributed by atoms with Gasteiger partial charge in [-0.25, -0.2) is 4.79 Å². The number of hydrogen-bond acceptors (Lipinski definition) is 4. The highest BCUT2D eigenvalue weighted by Gasteiger charge is 2.52. The molecule has 4 aliphatic carbocycles. The van der Waals surface area contributed by atoms with E-state index in [4.69, 9.17) is 9.47 Å². The molecule has 4 nitrogen and oxygen atoms in total. The molecule has 6 rings (SSSR count). The maximum absolute atomic E-state index is 13.2. The van der Waals surface area contributed by atoms with Crippen molar-refractivity contribution in [1.82, 2.24) is 0 Å². The van der Waals surface area contributed by atoms with Crippen molar-refractivity contribution in [1.29, 1.82) is 0 Å². The Bertz CT molecular complexity index is 1470. The minimum absolute atomic E-state index is 0.0967. The summed E-state index contributed by atoms with van der Waals surface area (Å²) in [6, 6.07) is 14.8. The van der Waals surface area contributed by atoms with Crippen LogP contribution in [0.4, 0.5) is 0 Å². The van der Waals surface area contributed by atoms with Gasteiger partial charge in [0.15, 0.2) is 0 Å². The summed E-state index contributed by atoms with van der Waals surface area (Å²) in [5, 5.41) is 0. The van der Waals surface area contributed by atoms with Gasteiger partial charge in [-0.2, -0.15) is 0 Å². The maximum atomic E-state index is 13.2. The molecule has 0 spiro atoms. The smallest absolute Gasteiger partial charge is 0.331 e. The van der Waals surface area contributed by atoms with Gasteiger partial charge in [-0.1, -0.05) is 93.7 Å². The van der Waals surface area contributed by atoms with Gasteiger partial charge in [0.2, 0.25) is 0 Å². The second kappa shape index (κ2) is 18.9. The molecule has 2 aromatic carbocycles. The molecular formula is C47H64O4. The molecule has 0 heterocycles. The molecule has 4 bridgehead atoms. The van der Waals surface area contributed by atoms with Crippen molar-refractivity contribution in [2.45, 2.75) is 154 Å². The number of ether oxygens (including phenoxy) is 2. The molecule has 0 amide bonds. The van der Waals surface area contributed by atoms with Crippen molar-refractivity contribution in [3.8, 4) is 16.9 Å². The Balaban J connectivity index is 1.15. The number of carbonyl (C=O) groups is 2. The van der Waals surface area contributed by atoms with Crippen molar-refractivity contribution in [2.75, 3.05) is 0 Å². The number of allylic oxidation sites excluding steroid dienone is 4. The second-order valence-electron chi connectivity index (χ2n) is 16.9. The lowest BCUT2D eigenvalue weighted by atomic mass is 9.48. The summed E-state index contributed by atoms with van der Waals surface area (Å²) in [6.07, 6.45) is 33.6. The molecule has 0 N–H and O–H groups in total. The van der Waals surface area contributed by atoms with Crippen LogP contribution in [0.5, 0.6) is 5.75 Å². The quantitative estimate of drug-likeness (QED) is 0.0483. The first-order valence-corrected chi connectivity index (χ1v) is 20.3. The first kappa shape index (κ1) is 38.8. The van der Waals surface area contributed by atoms with Crippen LogP contribution < -0.4 is 4.74 Å². The van der Waals surface area contributed by atoms with Gasteiger partial charge in [0, 0.05) is 18.1 Å². The zero-order valence-electron chi connectivity index (χ0n) is 32.1. The van der Waals surface area contributed by atoms with Crippen LogP contribution in [0, 0.1) is 17.8 Å². The molecule has 0 atom stereocenters. The Kier molecular flexibility index (Phi) is 14.4. The van der Waals surface area contributed by atoms with E-state index < -0.39 is 5.60 Å². The summed E-state index contributed by atoms with van der Waals surface area (Å²) in [5.74, 6) is 2.74. The molecular weight excluding hydrogens is 629 g/mol. The third-order valence-electron chi connectivity index (χ3n) is 11.2. The normalized spacial score (nSPS) is 22.8. The Morgan fingerprint density at radius 1 is 0.745 bits per heavy atom. The van der Waals surface area contributed by atoms with Crippen molar-refractivity contribution < 1.29 is 19.1 Å². The Hall–Kier alpha value is -3.40. The van der Waals surface area contributed by atoms with Gasteiger partial charge >= 0.3 is 11.9 Å². The molecule has 4 aliphatic rings. The summed E-state index contributed by atoms with van der Waals surface area (Å²) >= 11 is 0. The highest BCUT2D eigenvalue weighted by Crippen LogP contribution is 2.62. The van der Waals surface area contributed by atoms with Crippen LogP contribution in [0.2, 0.25) is 0 Å². The molecule has 0 saturated heterocycles. The average molecular weight is 693 g/mol. The van der Waals surface area contributed by atoms with E-state index in [-0.39, 0.29) is 17.4 Å². The van der Waals surface area contributed by atoms with Crippen LogP contribution in [0.1, 0.15) is 154 Å². The topological polar surface area (TPSA) is 52.6 Å². The van der Waals surface area contributed by atoms with Gasteiger partial charge < -0.3 is 9.47 Å². The SMILES string of the molecule is CCCCCC=CCC=CCCCCCCCC(=O)Oc1ccc(-c2ccc(C=CC(=O)OC(C)(C)C)cc2)cc1C12CC3CC(CC(C3)C1)C2. The zero-order chi connectivity index (χ0) is 36.1. The molecule has 4 heteroatoms. The van der Waals surface area contributed by atoms with E-state index >= 15 is 0 Å². The van der Waals surface area contributed by atoms with Crippen LogP contribution in [0.3, 0.4) is 0 Å². The van der Waals surface area contributed by atoms with Gasteiger partial charge in [-0.05, 0) is 156 Å². The fourth-order valence-electron chi connectivity index (χ4n) is 9.19. The van der Waals surface area contributed by atoms with E-state index in [9.17, 15) is 9.59 Å². The minimum atomic E-state index is -0.511. The van der Waals surface area contributed by atoms with Crippen LogP contribution in [0.25, 0.3) is 17.2 Å². The third kappa shape index (κ3) is 12.1. The predicted molar refractivity (Wildman–Crippen MR) is 212 cm³/mol. The molecule has 0 aromatic heterocycles. The summed E-state index contributed by atoms with van der Waals surface area (Å²) in [4.78, 5) is 25.4. The minimum Gasteiger partial charge on any atom is -0.457 e. The summed E-state index contributed by atoms with van der Waals surface area (Å²) in [5.41, 5.74) is 4.07. The van der Waals surface area contributed by atoms with E-state index in [1.165, 1.54) is 95.1 Å². The molecule has 0 aliphatic heterocycles. The molecule has 0 radical (unpaired) electrons. The Labute approximate surface area is 309 Å². The summed E-state index contributed by atoms with van der Waals surface area (Å²) in [7, 11) is 0. The highest BCUT2D eigenvalue weighted by molar-refractivity contribution is 5.87. The Morgan fingerprint density at radius 2 is 1.33 bits per heavy atom. The zero-order valence-corrected chi connectivity index (χ0v) is 32.1. The standard InChI is InChI=1S/C47H64O4/c1-5-6-7-8-9-10-11-12-13-14-15-16-17-18-19-20-44(48)50-43-27-26-41(32-42(43)47-33-37-29-38(34-47)31-39(30-37)35-47)40-24-21-36(22-25-40)23-28-45(49)51-46(2,3)4/h9-10,12-13,21-28,32,37-39H,5-8,11,14-20,29-31,33-35H2,1-4H3. The number of hydrogen-bond donors (Lipinski definition) is 0. The van der Waals surface area contributed by atoms with E-state index in [2.05, 4.69) is 61.6 Å². The van der Waals surface area contributed by atoms with Crippen LogP contribution in [0.15, 0.2) is 72.8 Å². The summed E-state index contributed by atoms with van der Waals surface area (Å²) in [6.45, 7) is 7.86. The van der Waals surface area contributed by atoms with E-state index in [1.54, 1.807) is 6.08 Å². The van der Waals surface area contributed by atoms with E-state index in [0.717, 1.165) is 65.9 Å². The van der Waals surface area contributed by atoms with Crippen molar-refractivity contribution in [2.24, 2.45) is 17.8 Å². The largest absolute Gasteiger partial charge is 0.457 e. The van der Waals surface area contributed by atoms with Gasteiger partial charge in [-0.3, -0.25) is 4.79 Å². The lowest BCUT2D eigenvalue weighted by molar-refractivity contribution is -0.148. The first-order valence-electron chi connectivity index (χ1n) is 20.3.